The maximum atomic E-state index is 13.8. The number of alkyl halides is 1. The number of fused-ring (bicyclic) bond motifs is 4. The van der Waals surface area contributed by atoms with Crippen molar-refractivity contribution in [1.82, 2.24) is 5.32 Å². The topological polar surface area (TPSA) is 79.0 Å². The molecule has 8 heteroatoms. The van der Waals surface area contributed by atoms with Crippen molar-refractivity contribution in [2.75, 3.05) is 28.8 Å². The quantitative estimate of drug-likeness (QED) is 0.533. The van der Waals surface area contributed by atoms with Crippen LogP contribution in [0.25, 0.3) is 0 Å². The zero-order valence-electron chi connectivity index (χ0n) is 17.2. The lowest BCUT2D eigenvalue weighted by molar-refractivity contribution is -0.132. The van der Waals surface area contributed by atoms with E-state index in [2.05, 4.69) is 21.2 Å². The van der Waals surface area contributed by atoms with Crippen molar-refractivity contribution < 1.29 is 19.1 Å². The fourth-order valence-electron chi connectivity index (χ4n) is 5.40. The summed E-state index contributed by atoms with van der Waals surface area (Å²) >= 11 is 3.42. The number of halogens is 1. The Morgan fingerprint density at radius 3 is 2.45 bits per heavy atom. The van der Waals surface area contributed by atoms with Gasteiger partial charge < -0.3 is 9.64 Å². The SMILES string of the molecule is COc1ccc(N2C(=O)C3C(C)NC4(C(=O)N(CCBr)c5ccccc54)C3C2=O)cc1. The first-order valence-electron chi connectivity index (χ1n) is 10.2. The Kier molecular flexibility index (Phi) is 4.67. The molecule has 3 amide bonds. The zero-order chi connectivity index (χ0) is 21.9. The highest BCUT2D eigenvalue weighted by atomic mass is 79.9. The van der Waals surface area contributed by atoms with Gasteiger partial charge in [0.1, 0.15) is 11.3 Å². The fraction of sp³-hybridized carbons (Fsp3) is 0.348. The predicted molar refractivity (Wildman–Crippen MR) is 119 cm³/mol. The summed E-state index contributed by atoms with van der Waals surface area (Å²) in [6.07, 6.45) is 0. The number of amides is 3. The Morgan fingerprint density at radius 2 is 1.77 bits per heavy atom. The van der Waals surface area contributed by atoms with Crippen LogP contribution in [0.1, 0.15) is 12.5 Å². The molecular formula is C23H22BrN3O4. The van der Waals surface area contributed by atoms with E-state index in [0.717, 1.165) is 11.3 Å². The monoisotopic (exact) mass is 483 g/mol. The van der Waals surface area contributed by atoms with Gasteiger partial charge in [0.2, 0.25) is 11.8 Å². The summed E-state index contributed by atoms with van der Waals surface area (Å²) in [4.78, 5) is 43.9. The number of anilines is 2. The molecule has 0 aromatic heterocycles. The van der Waals surface area contributed by atoms with Crippen LogP contribution in [0.4, 0.5) is 11.4 Å². The molecule has 2 saturated heterocycles. The molecule has 3 aliphatic heterocycles. The molecule has 3 heterocycles. The summed E-state index contributed by atoms with van der Waals surface area (Å²) in [5, 5.41) is 3.99. The number of hydrogen-bond donors (Lipinski definition) is 1. The van der Waals surface area contributed by atoms with Gasteiger partial charge in [0.05, 0.1) is 24.6 Å². The molecule has 0 aliphatic carbocycles. The van der Waals surface area contributed by atoms with Crippen LogP contribution in [0.3, 0.4) is 0 Å². The number of carbonyl (C=O) groups is 3. The van der Waals surface area contributed by atoms with Crippen LogP contribution in [0.15, 0.2) is 48.5 Å². The fourth-order valence-corrected chi connectivity index (χ4v) is 5.76. The summed E-state index contributed by atoms with van der Waals surface area (Å²) in [6, 6.07) is 14.0. The molecule has 1 N–H and O–H groups in total. The molecule has 5 rings (SSSR count). The van der Waals surface area contributed by atoms with E-state index in [1.807, 2.05) is 31.2 Å². The van der Waals surface area contributed by atoms with Crippen molar-refractivity contribution in [3.8, 4) is 5.75 Å². The van der Waals surface area contributed by atoms with Gasteiger partial charge in [0.15, 0.2) is 0 Å². The van der Waals surface area contributed by atoms with Gasteiger partial charge in [-0.15, -0.1) is 0 Å². The van der Waals surface area contributed by atoms with E-state index in [9.17, 15) is 14.4 Å². The van der Waals surface area contributed by atoms with Crippen molar-refractivity contribution >= 4 is 45.0 Å². The Balaban J connectivity index is 1.63. The molecule has 2 aromatic carbocycles. The van der Waals surface area contributed by atoms with Crippen molar-refractivity contribution in [3.63, 3.8) is 0 Å². The second-order valence-electron chi connectivity index (χ2n) is 8.12. The molecule has 0 radical (unpaired) electrons. The summed E-state index contributed by atoms with van der Waals surface area (Å²) in [5.41, 5.74) is 0.800. The minimum absolute atomic E-state index is 0.176. The standard InChI is InChI=1S/C23H22BrN3O4/c1-13-18-19(21(29)27(20(18)28)14-7-9-15(31-2)10-8-14)23(25-13)16-5-3-4-6-17(16)26(12-11-24)22(23)30/h3-10,13,18-19,25H,11-12H2,1-2H3. The number of rotatable bonds is 4. The second-order valence-corrected chi connectivity index (χ2v) is 8.91. The van der Waals surface area contributed by atoms with E-state index in [1.165, 1.54) is 4.90 Å². The van der Waals surface area contributed by atoms with Crippen LogP contribution in [0.2, 0.25) is 0 Å². The third-order valence-corrected chi connectivity index (χ3v) is 7.01. The molecule has 1 spiro atoms. The lowest BCUT2D eigenvalue weighted by Crippen LogP contribution is -2.55. The molecule has 160 valence electrons. The third kappa shape index (κ3) is 2.58. The van der Waals surface area contributed by atoms with E-state index in [4.69, 9.17) is 4.74 Å². The summed E-state index contributed by atoms with van der Waals surface area (Å²) in [5.74, 6) is -1.58. The largest absolute Gasteiger partial charge is 0.497 e. The first-order valence-corrected chi connectivity index (χ1v) is 11.3. The van der Waals surface area contributed by atoms with Crippen LogP contribution in [0, 0.1) is 11.8 Å². The Hall–Kier alpha value is -2.71. The van der Waals surface area contributed by atoms with Gasteiger partial charge in [-0.2, -0.15) is 0 Å². The number of benzene rings is 2. The Labute approximate surface area is 188 Å². The first kappa shape index (κ1) is 20.2. The molecule has 31 heavy (non-hydrogen) atoms. The van der Waals surface area contributed by atoms with Crippen LogP contribution in [0.5, 0.6) is 5.75 Å². The van der Waals surface area contributed by atoms with Crippen molar-refractivity contribution in [1.29, 1.82) is 0 Å². The van der Waals surface area contributed by atoms with Crippen LogP contribution < -0.4 is 19.9 Å². The molecule has 7 nitrogen and oxygen atoms in total. The van der Waals surface area contributed by atoms with Crippen molar-refractivity contribution in [2.24, 2.45) is 11.8 Å². The lowest BCUT2D eigenvalue weighted by atomic mass is 9.76. The van der Waals surface area contributed by atoms with E-state index >= 15 is 0 Å². The molecule has 3 aliphatic rings. The number of ether oxygens (including phenoxy) is 1. The van der Waals surface area contributed by atoms with E-state index < -0.39 is 17.4 Å². The minimum Gasteiger partial charge on any atom is -0.497 e. The summed E-state index contributed by atoms with van der Waals surface area (Å²) in [7, 11) is 1.56. The summed E-state index contributed by atoms with van der Waals surface area (Å²) < 4.78 is 5.19. The highest BCUT2D eigenvalue weighted by Gasteiger charge is 2.70. The number of imide groups is 1. The van der Waals surface area contributed by atoms with Gasteiger partial charge in [-0.1, -0.05) is 34.1 Å². The lowest BCUT2D eigenvalue weighted by Gasteiger charge is -2.30. The van der Waals surface area contributed by atoms with Gasteiger partial charge in [-0.3, -0.25) is 19.7 Å². The molecule has 2 aromatic rings. The normalized spacial score (nSPS) is 29.1. The number of para-hydroxylation sites is 1. The molecular weight excluding hydrogens is 462 g/mol. The van der Waals surface area contributed by atoms with Gasteiger partial charge in [0.25, 0.3) is 5.91 Å². The van der Waals surface area contributed by atoms with E-state index in [-0.39, 0.29) is 23.8 Å². The first-order chi connectivity index (χ1) is 15.0. The number of nitrogens with one attached hydrogen (secondary N) is 1. The van der Waals surface area contributed by atoms with Crippen LogP contribution >= 0.6 is 15.9 Å². The average Bonchev–Trinajstić information content (AvgIpc) is 3.33. The molecule has 0 saturated carbocycles. The molecule has 2 fully saturated rings. The molecule has 4 atom stereocenters. The van der Waals surface area contributed by atoms with Gasteiger partial charge >= 0.3 is 0 Å². The second kappa shape index (κ2) is 7.17. The minimum atomic E-state index is -1.24. The molecule has 4 unspecified atom stereocenters. The summed E-state index contributed by atoms with van der Waals surface area (Å²) in [6.45, 7) is 2.35. The third-order valence-electron chi connectivity index (χ3n) is 6.65. The zero-order valence-corrected chi connectivity index (χ0v) is 18.8. The van der Waals surface area contributed by atoms with Crippen LogP contribution in [-0.2, 0) is 19.9 Å². The number of nitrogens with zero attached hydrogens (tertiary/aromatic N) is 2. The maximum absolute atomic E-state index is 13.8. The van der Waals surface area contributed by atoms with Gasteiger partial charge in [0, 0.05) is 29.2 Å². The van der Waals surface area contributed by atoms with Crippen LogP contribution in [-0.4, -0.2) is 42.7 Å². The van der Waals surface area contributed by atoms with E-state index in [1.54, 1.807) is 36.3 Å². The number of methoxy groups -OCH3 is 1. The Morgan fingerprint density at radius 1 is 1.06 bits per heavy atom. The van der Waals surface area contributed by atoms with E-state index in [0.29, 0.717) is 23.3 Å². The smallest absolute Gasteiger partial charge is 0.252 e. The Bertz CT molecular complexity index is 1090. The van der Waals surface area contributed by atoms with Crippen molar-refractivity contribution in [3.05, 3.63) is 54.1 Å². The number of hydrogen-bond acceptors (Lipinski definition) is 5. The number of carbonyl (C=O) groups excluding carboxylic acids is 3. The maximum Gasteiger partial charge on any atom is 0.252 e. The van der Waals surface area contributed by atoms with Crippen molar-refractivity contribution in [2.45, 2.75) is 18.5 Å². The highest BCUT2D eigenvalue weighted by Crippen LogP contribution is 2.54. The highest BCUT2D eigenvalue weighted by molar-refractivity contribution is 9.09. The molecule has 0 bridgehead atoms. The predicted octanol–water partition coefficient (Wildman–Crippen LogP) is 2.43. The van der Waals surface area contributed by atoms with Gasteiger partial charge in [-0.25, -0.2) is 4.90 Å². The van der Waals surface area contributed by atoms with Gasteiger partial charge in [-0.05, 0) is 37.3 Å². The average molecular weight is 484 g/mol.